The smallest absolute Gasteiger partial charge is 0.222 e. The van der Waals surface area contributed by atoms with E-state index >= 15 is 0 Å². The van der Waals surface area contributed by atoms with Gasteiger partial charge in [0.1, 0.15) is 5.69 Å². The van der Waals surface area contributed by atoms with Gasteiger partial charge in [-0.15, -0.1) is 0 Å². The van der Waals surface area contributed by atoms with Crippen molar-refractivity contribution in [1.82, 2.24) is 5.16 Å². The summed E-state index contributed by atoms with van der Waals surface area (Å²) >= 11 is 6.46. The van der Waals surface area contributed by atoms with E-state index in [1.807, 2.05) is 19.9 Å². The van der Waals surface area contributed by atoms with Crippen molar-refractivity contribution in [2.75, 3.05) is 20.0 Å². The van der Waals surface area contributed by atoms with Crippen LogP contribution in [0.4, 0.5) is 5.88 Å². The van der Waals surface area contributed by atoms with Crippen molar-refractivity contribution in [3.8, 4) is 22.8 Å². The Morgan fingerprint density at radius 3 is 2.40 bits per heavy atom. The Bertz CT molecular complexity index is 623. The molecule has 108 valence electrons. The molecule has 2 rings (SSSR count). The number of anilines is 1. The van der Waals surface area contributed by atoms with Gasteiger partial charge in [-0.25, -0.2) is 0 Å². The topological polar surface area (TPSA) is 70.5 Å². The molecular formula is C14H17ClN2O3. The predicted octanol–water partition coefficient (Wildman–Crippen LogP) is 3.72. The van der Waals surface area contributed by atoms with Crippen molar-refractivity contribution >= 4 is 17.5 Å². The molecule has 1 aromatic carbocycles. The van der Waals surface area contributed by atoms with Crippen molar-refractivity contribution in [2.24, 2.45) is 0 Å². The van der Waals surface area contributed by atoms with E-state index in [1.54, 1.807) is 20.3 Å². The number of methoxy groups -OCH3 is 2. The largest absolute Gasteiger partial charge is 0.493 e. The van der Waals surface area contributed by atoms with Crippen molar-refractivity contribution in [3.05, 3.63) is 22.7 Å². The Hall–Kier alpha value is -1.88. The zero-order valence-corrected chi connectivity index (χ0v) is 12.6. The summed E-state index contributed by atoms with van der Waals surface area (Å²) in [6, 6.07) is 3.49. The monoisotopic (exact) mass is 296 g/mol. The molecule has 2 aromatic rings. The average molecular weight is 297 g/mol. The molecule has 0 atom stereocenters. The van der Waals surface area contributed by atoms with Crippen molar-refractivity contribution < 1.29 is 14.0 Å². The molecule has 6 heteroatoms. The molecule has 2 N–H and O–H groups in total. The molecule has 0 unspecified atom stereocenters. The lowest BCUT2D eigenvalue weighted by Crippen LogP contribution is -2.00. The maximum Gasteiger partial charge on any atom is 0.222 e. The molecule has 0 bridgehead atoms. The van der Waals surface area contributed by atoms with E-state index in [1.165, 1.54) is 0 Å². The predicted molar refractivity (Wildman–Crippen MR) is 78.6 cm³/mol. The minimum atomic E-state index is 0.176. The van der Waals surface area contributed by atoms with Crippen LogP contribution < -0.4 is 15.2 Å². The number of aromatic nitrogens is 1. The van der Waals surface area contributed by atoms with Gasteiger partial charge < -0.3 is 19.7 Å². The fraction of sp³-hybridized carbons (Fsp3) is 0.357. The van der Waals surface area contributed by atoms with Gasteiger partial charge in [-0.2, -0.15) is 0 Å². The number of halogens is 1. The zero-order chi connectivity index (χ0) is 14.9. The highest BCUT2D eigenvalue weighted by atomic mass is 35.5. The first-order valence-corrected chi connectivity index (χ1v) is 6.54. The maximum atomic E-state index is 6.46. The standard InChI is InChI=1S/C14H17ClN2O3/c1-7(2)12-8(9-6-11(16)20-17-9)5-10(18-3)14(19-4)13(12)15/h5-7H,16H2,1-4H3. The molecule has 5 nitrogen and oxygen atoms in total. The van der Waals surface area contributed by atoms with Crippen LogP contribution in [0.15, 0.2) is 16.7 Å². The molecule has 0 amide bonds. The van der Waals surface area contributed by atoms with Gasteiger partial charge in [0.2, 0.25) is 5.88 Å². The molecule has 0 saturated heterocycles. The third-order valence-corrected chi connectivity index (χ3v) is 3.41. The first-order chi connectivity index (χ1) is 9.49. The van der Waals surface area contributed by atoms with Crippen LogP contribution in [-0.2, 0) is 0 Å². The Labute approximate surface area is 122 Å². The fourth-order valence-corrected chi connectivity index (χ4v) is 2.65. The third kappa shape index (κ3) is 2.41. The normalized spacial score (nSPS) is 10.9. The van der Waals surface area contributed by atoms with Crippen LogP contribution in [0.2, 0.25) is 5.02 Å². The van der Waals surface area contributed by atoms with Gasteiger partial charge >= 0.3 is 0 Å². The summed E-state index contributed by atoms with van der Waals surface area (Å²) in [5.41, 5.74) is 7.94. The minimum absolute atomic E-state index is 0.176. The molecular weight excluding hydrogens is 280 g/mol. The van der Waals surface area contributed by atoms with Gasteiger partial charge in [-0.3, -0.25) is 0 Å². The van der Waals surface area contributed by atoms with Crippen molar-refractivity contribution in [2.45, 2.75) is 19.8 Å². The van der Waals surface area contributed by atoms with Crippen LogP contribution in [0.1, 0.15) is 25.3 Å². The number of hydrogen-bond donors (Lipinski definition) is 1. The Morgan fingerprint density at radius 1 is 1.25 bits per heavy atom. The molecule has 0 fully saturated rings. The van der Waals surface area contributed by atoms with Crippen LogP contribution in [-0.4, -0.2) is 19.4 Å². The van der Waals surface area contributed by atoms with Crippen molar-refractivity contribution in [1.29, 1.82) is 0 Å². The third-order valence-electron chi connectivity index (χ3n) is 3.03. The number of benzene rings is 1. The van der Waals surface area contributed by atoms with E-state index in [0.29, 0.717) is 22.2 Å². The average Bonchev–Trinajstić information content (AvgIpc) is 2.83. The number of nitrogens with two attached hydrogens (primary N) is 1. The first-order valence-electron chi connectivity index (χ1n) is 6.16. The second-order valence-electron chi connectivity index (χ2n) is 4.66. The summed E-state index contributed by atoms with van der Waals surface area (Å²) in [6.07, 6.45) is 0. The maximum absolute atomic E-state index is 6.46. The van der Waals surface area contributed by atoms with Crippen LogP contribution in [0, 0.1) is 0 Å². The zero-order valence-electron chi connectivity index (χ0n) is 11.9. The minimum Gasteiger partial charge on any atom is -0.493 e. The highest BCUT2D eigenvalue weighted by Crippen LogP contribution is 2.45. The van der Waals surface area contributed by atoms with Gasteiger partial charge in [-0.05, 0) is 17.5 Å². The second kappa shape index (κ2) is 5.63. The van der Waals surface area contributed by atoms with Gasteiger partial charge in [-0.1, -0.05) is 30.6 Å². The lowest BCUT2D eigenvalue weighted by atomic mass is 9.94. The number of hydrogen-bond acceptors (Lipinski definition) is 5. The van der Waals surface area contributed by atoms with E-state index in [-0.39, 0.29) is 11.8 Å². The first kappa shape index (κ1) is 14.5. The summed E-state index contributed by atoms with van der Waals surface area (Å²) in [5.74, 6) is 1.48. The molecule has 0 spiro atoms. The molecule has 0 radical (unpaired) electrons. The van der Waals surface area contributed by atoms with E-state index in [0.717, 1.165) is 11.1 Å². The molecule has 0 aliphatic rings. The molecule has 1 heterocycles. The Balaban J connectivity index is 2.75. The SMILES string of the molecule is COc1cc(-c2cc(N)on2)c(C(C)C)c(Cl)c1OC. The van der Waals surface area contributed by atoms with Gasteiger partial charge in [0.25, 0.3) is 0 Å². The summed E-state index contributed by atoms with van der Waals surface area (Å²) in [4.78, 5) is 0. The summed E-state index contributed by atoms with van der Waals surface area (Å²) in [5, 5.41) is 4.46. The van der Waals surface area contributed by atoms with Crippen LogP contribution in [0.25, 0.3) is 11.3 Å². The quantitative estimate of drug-likeness (QED) is 0.931. The van der Waals surface area contributed by atoms with E-state index in [2.05, 4.69) is 5.16 Å². The Kier molecular flexibility index (Phi) is 4.09. The molecule has 20 heavy (non-hydrogen) atoms. The highest BCUT2D eigenvalue weighted by Gasteiger charge is 2.22. The lowest BCUT2D eigenvalue weighted by molar-refractivity contribution is 0.354. The summed E-state index contributed by atoms with van der Waals surface area (Å²) in [6.45, 7) is 4.08. The molecule has 1 aromatic heterocycles. The fourth-order valence-electron chi connectivity index (χ4n) is 2.16. The van der Waals surface area contributed by atoms with Gasteiger partial charge in [0.05, 0.1) is 19.2 Å². The molecule has 0 saturated carbocycles. The summed E-state index contributed by atoms with van der Waals surface area (Å²) < 4.78 is 15.6. The van der Waals surface area contributed by atoms with E-state index < -0.39 is 0 Å². The van der Waals surface area contributed by atoms with Crippen LogP contribution in [0.5, 0.6) is 11.5 Å². The van der Waals surface area contributed by atoms with Crippen LogP contribution >= 0.6 is 11.6 Å². The van der Waals surface area contributed by atoms with E-state index in [9.17, 15) is 0 Å². The van der Waals surface area contributed by atoms with Gasteiger partial charge in [0.15, 0.2) is 11.5 Å². The number of rotatable bonds is 4. The number of ether oxygens (including phenoxy) is 2. The number of nitrogen functional groups attached to an aromatic ring is 1. The summed E-state index contributed by atoms with van der Waals surface area (Å²) in [7, 11) is 3.12. The van der Waals surface area contributed by atoms with Crippen LogP contribution in [0.3, 0.4) is 0 Å². The molecule has 0 aliphatic carbocycles. The highest BCUT2D eigenvalue weighted by molar-refractivity contribution is 6.33. The van der Waals surface area contributed by atoms with E-state index in [4.69, 9.17) is 31.3 Å². The number of nitrogens with zero attached hydrogens (tertiary/aromatic N) is 1. The van der Waals surface area contributed by atoms with Gasteiger partial charge in [0, 0.05) is 11.6 Å². The Morgan fingerprint density at radius 2 is 1.95 bits per heavy atom. The molecule has 0 aliphatic heterocycles. The lowest BCUT2D eigenvalue weighted by Gasteiger charge is -2.18. The van der Waals surface area contributed by atoms with Crippen molar-refractivity contribution in [3.63, 3.8) is 0 Å². The second-order valence-corrected chi connectivity index (χ2v) is 5.03.